The van der Waals surface area contributed by atoms with Gasteiger partial charge >= 0.3 is 0 Å². The minimum absolute atomic E-state index is 0.203. The molecule has 0 bridgehead atoms. The highest BCUT2D eigenvalue weighted by atomic mass is 16.5. The molecule has 0 amide bonds. The quantitative estimate of drug-likeness (QED) is 0.767. The van der Waals surface area contributed by atoms with E-state index in [-0.39, 0.29) is 18.0 Å². The number of hydrogen-bond acceptors (Lipinski definition) is 3. The van der Waals surface area contributed by atoms with Crippen LogP contribution in [0.25, 0.3) is 0 Å². The van der Waals surface area contributed by atoms with Crippen LogP contribution in [0.3, 0.4) is 0 Å². The number of benzene rings is 1. The summed E-state index contributed by atoms with van der Waals surface area (Å²) in [6.45, 7) is 8.26. The Morgan fingerprint density at radius 3 is 2.50 bits per heavy atom. The van der Waals surface area contributed by atoms with Crippen molar-refractivity contribution in [3.63, 3.8) is 0 Å². The Balaban J connectivity index is 2.01. The summed E-state index contributed by atoms with van der Waals surface area (Å²) < 4.78 is 5.67. The van der Waals surface area contributed by atoms with Crippen LogP contribution in [-0.2, 0) is 4.74 Å². The molecule has 1 aromatic rings. The predicted octanol–water partition coefficient (Wildman–Crippen LogP) is 2.29. The smallest absolute Gasteiger partial charge is 0.177 e. The van der Waals surface area contributed by atoms with Crippen LogP contribution in [0.15, 0.2) is 24.3 Å². The Bertz CT molecular complexity index is 420. The molecule has 1 aromatic carbocycles. The van der Waals surface area contributed by atoms with Gasteiger partial charge in [0.15, 0.2) is 5.78 Å². The Morgan fingerprint density at radius 2 is 1.89 bits per heavy atom. The molecule has 0 spiro atoms. The third-order valence-electron chi connectivity index (χ3n) is 3.31. The van der Waals surface area contributed by atoms with Crippen LogP contribution >= 0.6 is 0 Å². The minimum atomic E-state index is 0.203. The lowest BCUT2D eigenvalue weighted by molar-refractivity contribution is -0.0652. The van der Waals surface area contributed by atoms with E-state index in [1.807, 2.05) is 31.2 Å². The van der Waals surface area contributed by atoms with E-state index >= 15 is 0 Å². The van der Waals surface area contributed by atoms with Gasteiger partial charge < -0.3 is 4.74 Å². The predicted molar refractivity (Wildman–Crippen MR) is 72.0 cm³/mol. The molecule has 1 aliphatic heterocycles. The van der Waals surface area contributed by atoms with Crippen molar-refractivity contribution in [3.8, 4) is 0 Å². The summed E-state index contributed by atoms with van der Waals surface area (Å²) in [7, 11) is 0. The summed E-state index contributed by atoms with van der Waals surface area (Å²) in [4.78, 5) is 14.5. The molecular formula is C15H21NO2. The highest BCUT2D eigenvalue weighted by Crippen LogP contribution is 2.13. The lowest BCUT2D eigenvalue weighted by Gasteiger charge is -2.34. The summed E-state index contributed by atoms with van der Waals surface area (Å²) in [6.07, 6.45) is 0.414. The molecule has 0 N–H and O–H groups in total. The van der Waals surface area contributed by atoms with Crippen molar-refractivity contribution in [1.82, 2.24) is 4.90 Å². The van der Waals surface area contributed by atoms with Gasteiger partial charge in [-0.3, -0.25) is 9.69 Å². The summed E-state index contributed by atoms with van der Waals surface area (Å²) in [5.41, 5.74) is 1.89. The van der Waals surface area contributed by atoms with E-state index in [0.29, 0.717) is 6.54 Å². The molecule has 1 aliphatic rings. The number of carbonyl (C=O) groups is 1. The van der Waals surface area contributed by atoms with E-state index in [1.54, 1.807) is 0 Å². The van der Waals surface area contributed by atoms with Crippen molar-refractivity contribution >= 4 is 5.78 Å². The topological polar surface area (TPSA) is 29.5 Å². The monoisotopic (exact) mass is 247 g/mol. The normalized spacial score (nSPS) is 25.1. The molecule has 3 nitrogen and oxygen atoms in total. The van der Waals surface area contributed by atoms with Crippen molar-refractivity contribution in [3.05, 3.63) is 35.4 Å². The number of nitrogens with zero attached hydrogens (tertiary/aromatic N) is 1. The van der Waals surface area contributed by atoms with E-state index in [4.69, 9.17) is 4.74 Å². The molecule has 0 aromatic heterocycles. The van der Waals surface area contributed by atoms with Crippen molar-refractivity contribution in [2.75, 3.05) is 19.6 Å². The summed E-state index contributed by atoms with van der Waals surface area (Å²) in [5.74, 6) is 0.203. The van der Waals surface area contributed by atoms with E-state index in [0.717, 1.165) is 24.2 Å². The number of aryl methyl sites for hydroxylation is 1. The number of ketones is 1. The maximum absolute atomic E-state index is 12.3. The summed E-state index contributed by atoms with van der Waals surface area (Å²) in [5, 5.41) is 0. The van der Waals surface area contributed by atoms with Gasteiger partial charge in [-0.1, -0.05) is 24.3 Å². The Labute approximate surface area is 109 Å². The van der Waals surface area contributed by atoms with Gasteiger partial charge in [-0.2, -0.15) is 0 Å². The molecule has 2 unspecified atom stereocenters. The molecule has 1 fully saturated rings. The van der Waals surface area contributed by atoms with Gasteiger partial charge in [-0.25, -0.2) is 0 Å². The molecule has 98 valence electrons. The van der Waals surface area contributed by atoms with Crippen LogP contribution in [0.4, 0.5) is 0 Å². The molecule has 0 radical (unpaired) electrons. The zero-order valence-electron chi connectivity index (χ0n) is 11.3. The second kappa shape index (κ2) is 5.63. The van der Waals surface area contributed by atoms with Crippen molar-refractivity contribution < 1.29 is 9.53 Å². The number of hydrogen-bond donors (Lipinski definition) is 0. The van der Waals surface area contributed by atoms with Gasteiger partial charge in [-0.15, -0.1) is 0 Å². The SMILES string of the molecule is Cc1ccccc1C(=O)CN1CC(C)OC(C)C1. The van der Waals surface area contributed by atoms with Crippen LogP contribution in [0.2, 0.25) is 0 Å². The standard InChI is InChI=1S/C15H21NO2/c1-11-6-4-5-7-14(11)15(17)10-16-8-12(2)18-13(3)9-16/h4-7,12-13H,8-10H2,1-3H3. The first-order valence-electron chi connectivity index (χ1n) is 6.53. The fourth-order valence-corrected chi connectivity index (χ4v) is 2.59. The van der Waals surface area contributed by atoms with Crippen molar-refractivity contribution in [1.29, 1.82) is 0 Å². The first-order chi connectivity index (χ1) is 8.56. The maximum Gasteiger partial charge on any atom is 0.177 e. The average Bonchev–Trinajstić information content (AvgIpc) is 2.27. The highest BCUT2D eigenvalue weighted by Gasteiger charge is 2.24. The van der Waals surface area contributed by atoms with Gasteiger partial charge in [0.25, 0.3) is 0 Å². The second-order valence-electron chi connectivity index (χ2n) is 5.19. The van der Waals surface area contributed by atoms with E-state index in [9.17, 15) is 4.79 Å². The molecule has 3 heteroatoms. The summed E-state index contributed by atoms with van der Waals surface area (Å²) in [6, 6.07) is 7.78. The molecule has 1 heterocycles. The van der Waals surface area contributed by atoms with E-state index in [2.05, 4.69) is 18.7 Å². The Hall–Kier alpha value is -1.19. The molecule has 18 heavy (non-hydrogen) atoms. The third-order valence-corrected chi connectivity index (χ3v) is 3.31. The lowest BCUT2D eigenvalue weighted by Crippen LogP contribution is -2.47. The van der Waals surface area contributed by atoms with Crippen LogP contribution in [0.5, 0.6) is 0 Å². The van der Waals surface area contributed by atoms with Crippen LogP contribution in [0, 0.1) is 6.92 Å². The first kappa shape index (κ1) is 13.2. The fourth-order valence-electron chi connectivity index (χ4n) is 2.59. The van der Waals surface area contributed by atoms with Crippen molar-refractivity contribution in [2.45, 2.75) is 33.0 Å². The van der Waals surface area contributed by atoms with Gasteiger partial charge in [0.1, 0.15) is 0 Å². The average molecular weight is 247 g/mol. The molecule has 0 aliphatic carbocycles. The molecular weight excluding hydrogens is 226 g/mol. The maximum atomic E-state index is 12.3. The van der Waals surface area contributed by atoms with E-state index in [1.165, 1.54) is 0 Å². The molecule has 2 rings (SSSR count). The first-order valence-corrected chi connectivity index (χ1v) is 6.53. The number of carbonyl (C=O) groups excluding carboxylic acids is 1. The van der Waals surface area contributed by atoms with Gasteiger partial charge in [0.2, 0.25) is 0 Å². The summed E-state index contributed by atoms with van der Waals surface area (Å²) >= 11 is 0. The van der Waals surface area contributed by atoms with Gasteiger partial charge in [0, 0.05) is 18.7 Å². The van der Waals surface area contributed by atoms with Crippen LogP contribution < -0.4 is 0 Å². The molecule has 0 saturated carbocycles. The fraction of sp³-hybridized carbons (Fsp3) is 0.533. The molecule has 2 atom stereocenters. The number of morpholine rings is 1. The zero-order chi connectivity index (χ0) is 13.1. The number of Topliss-reactive ketones (excluding diaryl/α,β-unsaturated/α-hetero) is 1. The van der Waals surface area contributed by atoms with Gasteiger partial charge in [0.05, 0.1) is 18.8 Å². The Kier molecular flexibility index (Phi) is 4.15. The zero-order valence-corrected chi connectivity index (χ0v) is 11.3. The molecule has 1 saturated heterocycles. The number of ether oxygens (including phenoxy) is 1. The van der Waals surface area contributed by atoms with Crippen LogP contribution in [-0.4, -0.2) is 42.5 Å². The van der Waals surface area contributed by atoms with E-state index < -0.39 is 0 Å². The van der Waals surface area contributed by atoms with Gasteiger partial charge in [-0.05, 0) is 26.3 Å². The lowest BCUT2D eigenvalue weighted by atomic mass is 10.0. The highest BCUT2D eigenvalue weighted by molar-refractivity contribution is 5.98. The van der Waals surface area contributed by atoms with Crippen molar-refractivity contribution in [2.24, 2.45) is 0 Å². The number of rotatable bonds is 3. The second-order valence-corrected chi connectivity index (χ2v) is 5.19. The third kappa shape index (κ3) is 3.18. The minimum Gasteiger partial charge on any atom is -0.373 e. The largest absolute Gasteiger partial charge is 0.373 e. The Morgan fingerprint density at radius 1 is 1.28 bits per heavy atom. The van der Waals surface area contributed by atoms with Crippen LogP contribution in [0.1, 0.15) is 29.8 Å².